The number of nitrogens with zero attached hydrogens (tertiary/aromatic N) is 3. The van der Waals surface area contributed by atoms with Crippen molar-refractivity contribution in [2.24, 2.45) is 10.2 Å². The van der Waals surface area contributed by atoms with E-state index >= 15 is 0 Å². The molecule has 0 unspecified atom stereocenters. The number of aromatic nitrogens is 2. The molecular weight excluding hydrogens is 342 g/mol. The molecule has 0 aliphatic carbocycles. The second-order valence-corrected chi connectivity index (χ2v) is 5.08. The van der Waals surface area contributed by atoms with Crippen LogP contribution in [0, 0.1) is 18.6 Å². The van der Waals surface area contributed by atoms with Crippen LogP contribution in [0.1, 0.15) is 23.7 Å². The zero-order chi connectivity index (χ0) is 17.9. The van der Waals surface area contributed by atoms with Gasteiger partial charge in [-0.2, -0.15) is 9.61 Å². The summed E-state index contributed by atoms with van der Waals surface area (Å²) in [5, 5.41) is 4.17. The molecule has 0 saturated heterocycles. The van der Waals surface area contributed by atoms with Crippen LogP contribution >= 0.6 is 11.8 Å². The van der Waals surface area contributed by atoms with Crippen molar-refractivity contribution in [3.8, 4) is 11.6 Å². The zero-order valence-corrected chi connectivity index (χ0v) is 14.2. The summed E-state index contributed by atoms with van der Waals surface area (Å²) in [5.41, 5.74) is 6.33. The van der Waals surface area contributed by atoms with Crippen LogP contribution in [0.2, 0.25) is 0 Å². The summed E-state index contributed by atoms with van der Waals surface area (Å²) >= 11 is 5.36. The van der Waals surface area contributed by atoms with E-state index in [1.165, 1.54) is 11.8 Å². The predicted octanol–water partition coefficient (Wildman–Crippen LogP) is 2.78. The number of hydrogen-bond donors (Lipinski definition) is 1. The lowest BCUT2D eigenvalue weighted by atomic mass is 10.2. The van der Waals surface area contributed by atoms with Gasteiger partial charge in [0, 0.05) is 35.0 Å². The minimum atomic E-state index is -0.741. The highest BCUT2D eigenvalue weighted by Gasteiger charge is 2.20. The third-order valence-corrected chi connectivity index (χ3v) is 3.57. The Morgan fingerprint density at radius 3 is 2.50 bits per heavy atom. The molecule has 130 valence electrons. The summed E-state index contributed by atoms with van der Waals surface area (Å²) in [4.78, 5) is 0. The summed E-state index contributed by atoms with van der Waals surface area (Å²) in [6.07, 6.45) is 0. The van der Waals surface area contributed by atoms with Crippen LogP contribution < -0.4 is 15.2 Å². The highest BCUT2D eigenvalue weighted by atomic mass is 35.5. The lowest BCUT2D eigenvalue weighted by molar-refractivity contribution is 0.334. The zero-order valence-electron chi connectivity index (χ0n) is 13.4. The number of methoxy groups -OCH3 is 1. The van der Waals surface area contributed by atoms with Crippen molar-refractivity contribution in [2.45, 2.75) is 20.4 Å². The number of benzene rings is 1. The summed E-state index contributed by atoms with van der Waals surface area (Å²) in [6.45, 7) is 3.54. The minimum absolute atomic E-state index is 0.0149. The van der Waals surface area contributed by atoms with Crippen molar-refractivity contribution in [3.63, 3.8) is 0 Å². The molecule has 0 bridgehead atoms. The van der Waals surface area contributed by atoms with Crippen LogP contribution in [-0.2, 0) is 6.54 Å². The summed E-state index contributed by atoms with van der Waals surface area (Å²) in [7, 11) is 1.42. The Hall–Kier alpha value is -2.35. The predicted molar refractivity (Wildman–Crippen MR) is 86.7 cm³/mol. The SMILES string of the molecule is CCOc1cc(F)c(Cn2nc(/C(N)=N/Cl)c(C)c2OC)c(F)c1. The van der Waals surface area contributed by atoms with Crippen molar-refractivity contribution in [1.29, 1.82) is 0 Å². The minimum Gasteiger partial charge on any atom is -0.494 e. The number of nitrogens with two attached hydrogens (primary N) is 1. The largest absolute Gasteiger partial charge is 0.494 e. The maximum atomic E-state index is 14.2. The third kappa shape index (κ3) is 3.43. The van der Waals surface area contributed by atoms with E-state index in [4.69, 9.17) is 27.0 Å². The van der Waals surface area contributed by atoms with E-state index in [1.54, 1.807) is 13.8 Å². The Kier molecular flexibility index (Phi) is 5.61. The van der Waals surface area contributed by atoms with Crippen LogP contribution in [0.5, 0.6) is 11.6 Å². The number of ether oxygens (including phenoxy) is 2. The van der Waals surface area contributed by atoms with Crippen LogP contribution in [0.3, 0.4) is 0 Å². The summed E-state index contributed by atoms with van der Waals surface area (Å²) in [6, 6.07) is 2.25. The highest BCUT2D eigenvalue weighted by molar-refractivity contribution is 6.21. The maximum Gasteiger partial charge on any atom is 0.215 e. The number of halogens is 3. The van der Waals surface area contributed by atoms with Crippen LogP contribution in [0.15, 0.2) is 16.6 Å². The highest BCUT2D eigenvalue weighted by Crippen LogP contribution is 2.26. The van der Waals surface area contributed by atoms with Gasteiger partial charge in [-0.1, -0.05) is 0 Å². The molecule has 2 rings (SSSR count). The molecule has 6 nitrogen and oxygen atoms in total. The van der Waals surface area contributed by atoms with Gasteiger partial charge in [-0.15, -0.1) is 0 Å². The van der Waals surface area contributed by atoms with Gasteiger partial charge in [0.1, 0.15) is 23.1 Å². The topological polar surface area (TPSA) is 74.7 Å². The average molecular weight is 359 g/mol. The fraction of sp³-hybridized carbons (Fsp3) is 0.333. The van der Waals surface area contributed by atoms with Crippen molar-refractivity contribution in [1.82, 2.24) is 9.78 Å². The molecule has 2 aromatic rings. The van der Waals surface area contributed by atoms with Gasteiger partial charge in [0.25, 0.3) is 0 Å². The van der Waals surface area contributed by atoms with Crippen molar-refractivity contribution >= 4 is 17.6 Å². The Labute approximate surface area is 142 Å². The number of rotatable bonds is 6. The molecule has 0 spiro atoms. The van der Waals surface area contributed by atoms with E-state index in [0.717, 1.165) is 12.1 Å². The Bertz CT molecular complexity index is 754. The van der Waals surface area contributed by atoms with Gasteiger partial charge in [0.15, 0.2) is 5.84 Å². The van der Waals surface area contributed by atoms with Crippen molar-refractivity contribution in [3.05, 3.63) is 40.6 Å². The second-order valence-electron chi connectivity index (χ2n) is 4.91. The molecule has 0 radical (unpaired) electrons. The molecule has 1 aromatic carbocycles. The molecule has 0 aliphatic rings. The van der Waals surface area contributed by atoms with Gasteiger partial charge >= 0.3 is 0 Å². The molecule has 1 aromatic heterocycles. The maximum absolute atomic E-state index is 14.2. The molecule has 0 aliphatic heterocycles. The molecular formula is C15H17ClF2N4O2. The monoisotopic (exact) mass is 358 g/mol. The van der Waals surface area contributed by atoms with Crippen molar-refractivity contribution < 1.29 is 18.3 Å². The van der Waals surface area contributed by atoms with E-state index in [9.17, 15) is 8.78 Å². The normalized spacial score (nSPS) is 11.7. The molecule has 1 heterocycles. The molecule has 2 N–H and O–H groups in total. The first-order valence-corrected chi connectivity index (χ1v) is 7.43. The molecule has 0 fully saturated rings. The molecule has 24 heavy (non-hydrogen) atoms. The first-order valence-electron chi connectivity index (χ1n) is 7.09. The van der Waals surface area contributed by atoms with Gasteiger partial charge in [-0.05, 0) is 13.8 Å². The number of amidine groups is 1. The standard InChI is InChI=1S/C15H17ClF2N4O2/c1-4-24-9-5-11(17)10(12(18)6-9)7-22-15(23-3)8(2)13(21-22)14(19)20-16/h5-6H,4,7H2,1-3H3,(H2,19,20). The first kappa shape index (κ1) is 18.0. The van der Waals surface area contributed by atoms with Gasteiger partial charge < -0.3 is 15.2 Å². The second kappa shape index (κ2) is 7.48. The van der Waals surface area contributed by atoms with Crippen LogP contribution in [0.25, 0.3) is 0 Å². The van der Waals surface area contributed by atoms with Gasteiger partial charge in [0.05, 0.1) is 20.3 Å². The summed E-state index contributed by atoms with van der Waals surface area (Å²) < 4.78 is 43.4. The Morgan fingerprint density at radius 2 is 2.00 bits per heavy atom. The fourth-order valence-electron chi connectivity index (χ4n) is 2.32. The van der Waals surface area contributed by atoms with E-state index in [0.29, 0.717) is 18.1 Å². The van der Waals surface area contributed by atoms with E-state index in [-0.39, 0.29) is 29.4 Å². The first-order chi connectivity index (χ1) is 11.4. The average Bonchev–Trinajstić information content (AvgIpc) is 2.86. The number of hydrogen-bond acceptors (Lipinski definition) is 4. The molecule has 0 saturated carbocycles. The molecule has 0 amide bonds. The Balaban J connectivity index is 2.45. The van der Waals surface area contributed by atoms with E-state index in [1.807, 2.05) is 0 Å². The van der Waals surface area contributed by atoms with Gasteiger partial charge in [-0.25, -0.2) is 13.5 Å². The van der Waals surface area contributed by atoms with Crippen molar-refractivity contribution in [2.75, 3.05) is 13.7 Å². The van der Waals surface area contributed by atoms with Crippen LogP contribution in [-0.4, -0.2) is 29.3 Å². The van der Waals surface area contributed by atoms with Crippen LogP contribution in [0.4, 0.5) is 8.78 Å². The summed E-state index contributed by atoms with van der Waals surface area (Å²) in [5.74, 6) is -1.07. The molecule has 0 atom stereocenters. The quantitative estimate of drug-likeness (QED) is 0.636. The van der Waals surface area contributed by atoms with Gasteiger partial charge in [-0.3, -0.25) is 0 Å². The fourth-order valence-corrected chi connectivity index (χ4v) is 2.40. The molecule has 9 heteroatoms. The van der Waals surface area contributed by atoms with Gasteiger partial charge in [0.2, 0.25) is 5.88 Å². The lowest BCUT2D eigenvalue weighted by Crippen LogP contribution is -2.15. The third-order valence-electron chi connectivity index (χ3n) is 3.39. The van der Waals surface area contributed by atoms with E-state index < -0.39 is 11.6 Å². The van der Waals surface area contributed by atoms with E-state index in [2.05, 4.69) is 9.61 Å². The Morgan fingerprint density at radius 1 is 1.38 bits per heavy atom. The lowest BCUT2D eigenvalue weighted by Gasteiger charge is -2.11. The smallest absolute Gasteiger partial charge is 0.215 e.